The van der Waals surface area contributed by atoms with Crippen molar-refractivity contribution in [3.8, 4) is 44.5 Å². The molecule has 0 unspecified atom stereocenters. The van der Waals surface area contributed by atoms with Gasteiger partial charge in [0.1, 0.15) is 5.58 Å². The summed E-state index contributed by atoms with van der Waals surface area (Å²) in [7, 11) is 0. The Morgan fingerprint density at radius 2 is 0.862 bits per heavy atom. The predicted octanol–water partition coefficient (Wildman–Crippen LogP) is 16.0. The molecule has 58 heavy (non-hydrogen) atoms. The van der Waals surface area contributed by atoms with Crippen molar-refractivity contribution in [2.24, 2.45) is 0 Å². The molecule has 1 heterocycles. The second-order valence-electron chi connectivity index (χ2n) is 14.9. The fourth-order valence-corrected chi connectivity index (χ4v) is 8.62. The first kappa shape index (κ1) is 33.6. The Balaban J connectivity index is 1.15. The Hall–Kier alpha value is -7.68. The first-order valence-corrected chi connectivity index (χ1v) is 19.8. The maximum Gasteiger partial charge on any atom is 0.159 e. The minimum Gasteiger partial charge on any atom is -0.453 e. The SMILES string of the molecule is c1ccc(-c2cc(-c3ccccc3)c3oc4c(N(c5ccc(-c6ccc7ccccc7c6)cc5)c5ccc(-c6ccccc6)c6ccccc56)cccc4c3c2)cc1. The van der Waals surface area contributed by atoms with Crippen molar-refractivity contribution in [3.63, 3.8) is 0 Å². The average molecular weight is 740 g/mol. The number of para-hydroxylation sites is 1. The van der Waals surface area contributed by atoms with Crippen LogP contribution >= 0.6 is 0 Å². The summed E-state index contributed by atoms with van der Waals surface area (Å²) in [6.07, 6.45) is 0. The van der Waals surface area contributed by atoms with Gasteiger partial charge in [-0.25, -0.2) is 0 Å². The Morgan fingerprint density at radius 1 is 0.276 bits per heavy atom. The van der Waals surface area contributed by atoms with Crippen LogP contribution in [0.5, 0.6) is 0 Å². The molecular weight excluding hydrogens is 703 g/mol. The van der Waals surface area contributed by atoms with Crippen molar-refractivity contribution in [2.45, 2.75) is 0 Å². The average Bonchev–Trinajstić information content (AvgIpc) is 3.69. The molecule has 0 spiro atoms. The summed E-state index contributed by atoms with van der Waals surface area (Å²) in [4.78, 5) is 2.38. The van der Waals surface area contributed by atoms with Crippen molar-refractivity contribution < 1.29 is 4.42 Å². The zero-order valence-corrected chi connectivity index (χ0v) is 31.7. The Labute approximate surface area is 337 Å². The van der Waals surface area contributed by atoms with E-state index in [0.717, 1.165) is 61.1 Å². The van der Waals surface area contributed by atoms with E-state index in [-0.39, 0.29) is 0 Å². The van der Waals surface area contributed by atoms with Gasteiger partial charge in [-0.3, -0.25) is 0 Å². The van der Waals surface area contributed by atoms with E-state index in [9.17, 15) is 0 Å². The Bertz CT molecular complexity index is 3260. The molecule has 10 aromatic carbocycles. The van der Waals surface area contributed by atoms with Crippen molar-refractivity contribution >= 4 is 60.5 Å². The third-order valence-electron chi connectivity index (χ3n) is 11.4. The minimum atomic E-state index is 0.842. The lowest BCUT2D eigenvalue weighted by Crippen LogP contribution is -2.11. The highest BCUT2D eigenvalue weighted by Gasteiger charge is 2.23. The van der Waals surface area contributed by atoms with Gasteiger partial charge in [-0.15, -0.1) is 0 Å². The smallest absolute Gasteiger partial charge is 0.159 e. The molecule has 0 fully saturated rings. The van der Waals surface area contributed by atoms with Crippen LogP contribution in [-0.4, -0.2) is 0 Å². The van der Waals surface area contributed by atoms with Crippen molar-refractivity contribution in [1.82, 2.24) is 0 Å². The van der Waals surface area contributed by atoms with Gasteiger partial charge in [0.2, 0.25) is 0 Å². The lowest BCUT2D eigenvalue weighted by atomic mass is 9.95. The molecule has 0 aliphatic carbocycles. The first-order chi connectivity index (χ1) is 28.8. The lowest BCUT2D eigenvalue weighted by molar-refractivity contribution is 0.670. The summed E-state index contributed by atoms with van der Waals surface area (Å²) in [5.41, 5.74) is 14.1. The van der Waals surface area contributed by atoms with E-state index >= 15 is 0 Å². The molecule has 0 aliphatic heterocycles. The summed E-state index contributed by atoms with van der Waals surface area (Å²) in [6.45, 7) is 0. The van der Waals surface area contributed by atoms with Gasteiger partial charge in [0, 0.05) is 27.4 Å². The summed E-state index contributed by atoms with van der Waals surface area (Å²) in [5.74, 6) is 0. The number of nitrogens with zero attached hydrogens (tertiary/aromatic N) is 1. The third kappa shape index (κ3) is 5.82. The standard InChI is InChI=1S/C56H37NO/c1-4-15-38(16-5-1)45-36-51(42-20-8-3-9-21-42)55-52(37-45)50-25-14-26-54(56(50)58-55)57(46-31-29-40(30-32-46)44-28-27-39-17-10-11-22-43(39)35-44)53-34-33-47(41-18-6-2-7-19-41)48-23-12-13-24-49(48)53/h1-37H. The maximum atomic E-state index is 7.18. The van der Waals surface area contributed by atoms with Crippen LogP contribution in [0.1, 0.15) is 0 Å². The monoisotopic (exact) mass is 739 g/mol. The van der Waals surface area contributed by atoms with E-state index in [1.165, 1.54) is 44.0 Å². The molecule has 0 bridgehead atoms. The van der Waals surface area contributed by atoms with Gasteiger partial charge < -0.3 is 9.32 Å². The molecule has 11 aromatic rings. The highest BCUT2D eigenvalue weighted by Crippen LogP contribution is 2.48. The van der Waals surface area contributed by atoms with Crippen molar-refractivity contribution in [1.29, 1.82) is 0 Å². The normalized spacial score (nSPS) is 11.4. The lowest BCUT2D eigenvalue weighted by Gasteiger charge is -2.27. The number of hydrogen-bond acceptors (Lipinski definition) is 2. The topological polar surface area (TPSA) is 16.4 Å². The zero-order chi connectivity index (χ0) is 38.4. The first-order valence-electron chi connectivity index (χ1n) is 19.8. The number of anilines is 3. The van der Waals surface area contributed by atoms with E-state index in [4.69, 9.17) is 4.42 Å². The molecule has 2 heteroatoms. The van der Waals surface area contributed by atoms with Gasteiger partial charge in [0.15, 0.2) is 5.58 Å². The largest absolute Gasteiger partial charge is 0.453 e. The number of rotatable bonds is 7. The number of furan rings is 1. The molecule has 1 aromatic heterocycles. The Kier molecular flexibility index (Phi) is 8.19. The summed E-state index contributed by atoms with van der Waals surface area (Å²) >= 11 is 0. The van der Waals surface area contributed by atoms with Crippen LogP contribution in [0.25, 0.3) is 88.0 Å². The fourth-order valence-electron chi connectivity index (χ4n) is 8.62. The molecule has 2 nitrogen and oxygen atoms in total. The van der Waals surface area contributed by atoms with Crippen LogP contribution in [0.15, 0.2) is 229 Å². The van der Waals surface area contributed by atoms with E-state index in [0.29, 0.717) is 0 Å². The van der Waals surface area contributed by atoms with Gasteiger partial charge in [-0.2, -0.15) is 0 Å². The highest BCUT2D eigenvalue weighted by atomic mass is 16.3. The Morgan fingerprint density at radius 3 is 1.60 bits per heavy atom. The van der Waals surface area contributed by atoms with E-state index < -0.39 is 0 Å². The van der Waals surface area contributed by atoms with Gasteiger partial charge >= 0.3 is 0 Å². The minimum absolute atomic E-state index is 0.842. The van der Waals surface area contributed by atoms with Gasteiger partial charge in [-0.1, -0.05) is 182 Å². The molecule has 11 rings (SSSR count). The zero-order valence-electron chi connectivity index (χ0n) is 31.7. The molecule has 0 N–H and O–H groups in total. The van der Waals surface area contributed by atoms with Crippen LogP contribution in [0.4, 0.5) is 17.1 Å². The molecule has 0 radical (unpaired) electrons. The van der Waals surface area contributed by atoms with Crippen LogP contribution in [0.3, 0.4) is 0 Å². The van der Waals surface area contributed by atoms with E-state index in [1.54, 1.807) is 0 Å². The molecular formula is C56H37NO. The molecule has 272 valence electrons. The number of hydrogen-bond donors (Lipinski definition) is 0. The van der Waals surface area contributed by atoms with Crippen LogP contribution in [0, 0.1) is 0 Å². The molecule has 0 amide bonds. The molecule has 0 atom stereocenters. The van der Waals surface area contributed by atoms with E-state index in [1.807, 2.05) is 0 Å². The molecule has 0 saturated heterocycles. The van der Waals surface area contributed by atoms with Gasteiger partial charge in [0.05, 0.1) is 11.4 Å². The van der Waals surface area contributed by atoms with Crippen molar-refractivity contribution in [3.05, 3.63) is 224 Å². The molecule has 0 aliphatic rings. The van der Waals surface area contributed by atoms with Crippen LogP contribution in [0.2, 0.25) is 0 Å². The third-order valence-corrected chi connectivity index (χ3v) is 11.4. The summed E-state index contributed by atoms with van der Waals surface area (Å²) in [6, 6.07) is 80.5. The fraction of sp³-hybridized carbons (Fsp3) is 0. The van der Waals surface area contributed by atoms with E-state index in [2.05, 4.69) is 229 Å². The quantitative estimate of drug-likeness (QED) is 0.162. The highest BCUT2D eigenvalue weighted by molar-refractivity contribution is 6.16. The van der Waals surface area contributed by atoms with Gasteiger partial charge in [0.25, 0.3) is 0 Å². The number of fused-ring (bicyclic) bond motifs is 5. The second-order valence-corrected chi connectivity index (χ2v) is 14.9. The van der Waals surface area contributed by atoms with Crippen molar-refractivity contribution in [2.75, 3.05) is 4.90 Å². The second kappa shape index (κ2) is 14.1. The van der Waals surface area contributed by atoms with Gasteiger partial charge in [-0.05, 0) is 97.6 Å². The molecule has 0 saturated carbocycles. The van der Waals surface area contributed by atoms with Crippen LogP contribution in [-0.2, 0) is 0 Å². The summed E-state index contributed by atoms with van der Waals surface area (Å²) < 4.78 is 7.18. The summed E-state index contributed by atoms with van der Waals surface area (Å²) in [5, 5.41) is 6.99. The number of benzene rings is 10. The maximum absolute atomic E-state index is 7.18. The van der Waals surface area contributed by atoms with Crippen LogP contribution < -0.4 is 4.90 Å². The predicted molar refractivity (Wildman–Crippen MR) is 245 cm³/mol.